The van der Waals surface area contributed by atoms with Crippen LogP contribution in [0.4, 0.5) is 0 Å². The van der Waals surface area contributed by atoms with Gasteiger partial charge in [-0.2, -0.15) is 0 Å². The van der Waals surface area contributed by atoms with Crippen molar-refractivity contribution in [3.63, 3.8) is 0 Å². The number of likely N-dealkylation sites (tertiary alicyclic amines) is 1. The average Bonchev–Trinajstić information content (AvgIpc) is 2.82. The maximum Gasteiger partial charge on any atom is 0.208 e. The number of hydrogen-bond donors (Lipinski definition) is 2. The summed E-state index contributed by atoms with van der Waals surface area (Å²) in [6, 6.07) is 0. The van der Waals surface area contributed by atoms with E-state index in [0.717, 1.165) is 19.0 Å². The fourth-order valence-corrected chi connectivity index (χ4v) is 4.04. The van der Waals surface area contributed by atoms with Crippen molar-refractivity contribution in [2.45, 2.75) is 38.5 Å². The molecular formula is C14H28N4O2S. The first-order chi connectivity index (χ1) is 9.94. The van der Waals surface area contributed by atoms with E-state index in [1.807, 2.05) is 0 Å². The molecule has 6 nitrogen and oxygen atoms in total. The minimum absolute atomic E-state index is 0.386. The highest BCUT2D eigenvalue weighted by atomic mass is 32.2. The Morgan fingerprint density at radius 3 is 2.52 bits per heavy atom. The lowest BCUT2D eigenvalue weighted by atomic mass is 9.73. The average molecular weight is 316 g/mol. The van der Waals surface area contributed by atoms with E-state index in [0.29, 0.717) is 18.5 Å². The number of nitrogens with one attached hydrogen (secondary N) is 2. The number of aliphatic imine (C=N–C) groups is 1. The smallest absolute Gasteiger partial charge is 0.208 e. The summed E-state index contributed by atoms with van der Waals surface area (Å²) in [5.74, 6) is 0.896. The molecule has 1 aliphatic carbocycles. The molecule has 2 rings (SSSR count). The van der Waals surface area contributed by atoms with Crippen molar-refractivity contribution in [3.8, 4) is 0 Å². The Hall–Kier alpha value is -0.820. The van der Waals surface area contributed by atoms with Gasteiger partial charge < -0.3 is 10.2 Å². The summed E-state index contributed by atoms with van der Waals surface area (Å²) in [5.41, 5.74) is 0.501. The molecule has 1 aliphatic heterocycles. The molecule has 1 spiro atoms. The molecule has 0 atom stereocenters. The molecule has 0 aromatic rings. The molecule has 0 radical (unpaired) electrons. The van der Waals surface area contributed by atoms with Crippen molar-refractivity contribution in [3.05, 3.63) is 0 Å². The third-order valence-electron chi connectivity index (χ3n) is 4.64. The first-order valence-corrected chi connectivity index (χ1v) is 9.74. The van der Waals surface area contributed by atoms with Crippen molar-refractivity contribution in [2.24, 2.45) is 10.4 Å². The van der Waals surface area contributed by atoms with Gasteiger partial charge in [0.1, 0.15) is 0 Å². The lowest BCUT2D eigenvalue weighted by Crippen LogP contribution is -2.44. The van der Waals surface area contributed by atoms with Gasteiger partial charge in [-0.25, -0.2) is 13.1 Å². The summed E-state index contributed by atoms with van der Waals surface area (Å²) >= 11 is 0. The molecule has 2 N–H and O–H groups in total. The molecule has 2 fully saturated rings. The van der Waals surface area contributed by atoms with E-state index in [9.17, 15) is 8.42 Å². The Morgan fingerprint density at radius 2 is 1.90 bits per heavy atom. The lowest BCUT2D eigenvalue weighted by molar-refractivity contribution is 0.203. The van der Waals surface area contributed by atoms with Gasteiger partial charge in [0.2, 0.25) is 10.0 Å². The fraction of sp³-hybridized carbons (Fsp3) is 0.929. The van der Waals surface area contributed by atoms with Crippen LogP contribution in [0.5, 0.6) is 0 Å². The lowest BCUT2D eigenvalue weighted by Gasteiger charge is -2.33. The van der Waals surface area contributed by atoms with Crippen LogP contribution in [0.2, 0.25) is 0 Å². The van der Waals surface area contributed by atoms with E-state index in [1.54, 1.807) is 7.05 Å². The van der Waals surface area contributed by atoms with Crippen LogP contribution in [0.3, 0.4) is 0 Å². The molecule has 122 valence electrons. The van der Waals surface area contributed by atoms with Crippen LogP contribution < -0.4 is 10.0 Å². The Bertz CT molecular complexity index is 469. The van der Waals surface area contributed by atoms with E-state index >= 15 is 0 Å². The third-order valence-corrected chi connectivity index (χ3v) is 5.36. The predicted molar refractivity (Wildman–Crippen MR) is 85.9 cm³/mol. The van der Waals surface area contributed by atoms with Crippen LogP contribution in [0, 0.1) is 5.41 Å². The summed E-state index contributed by atoms with van der Waals surface area (Å²) < 4.78 is 24.5. The van der Waals surface area contributed by atoms with Gasteiger partial charge >= 0.3 is 0 Å². The zero-order valence-electron chi connectivity index (χ0n) is 13.2. The second-order valence-corrected chi connectivity index (χ2v) is 8.21. The molecule has 0 aromatic carbocycles. The van der Waals surface area contributed by atoms with E-state index in [2.05, 4.69) is 19.9 Å². The Kier molecular flexibility index (Phi) is 5.48. The van der Waals surface area contributed by atoms with Crippen molar-refractivity contribution in [2.75, 3.05) is 39.5 Å². The molecule has 1 heterocycles. The highest BCUT2D eigenvalue weighted by Crippen LogP contribution is 2.43. The maximum absolute atomic E-state index is 11.0. The van der Waals surface area contributed by atoms with E-state index in [1.165, 1.54) is 44.8 Å². The molecule has 1 saturated carbocycles. The van der Waals surface area contributed by atoms with Crippen LogP contribution in [-0.2, 0) is 10.0 Å². The summed E-state index contributed by atoms with van der Waals surface area (Å²) in [7, 11) is -1.32. The zero-order valence-corrected chi connectivity index (χ0v) is 14.0. The largest absolute Gasteiger partial charge is 0.355 e. The fourth-order valence-electron chi connectivity index (χ4n) is 3.57. The van der Waals surface area contributed by atoms with Gasteiger partial charge in [0.05, 0.1) is 6.26 Å². The van der Waals surface area contributed by atoms with Crippen molar-refractivity contribution in [1.82, 2.24) is 14.9 Å². The van der Waals surface area contributed by atoms with Gasteiger partial charge in [0.15, 0.2) is 5.96 Å². The first kappa shape index (κ1) is 16.5. The summed E-state index contributed by atoms with van der Waals surface area (Å²) in [6.45, 7) is 3.09. The van der Waals surface area contributed by atoms with Gasteiger partial charge in [-0.05, 0) is 24.7 Å². The van der Waals surface area contributed by atoms with Gasteiger partial charge in [-0.15, -0.1) is 0 Å². The molecule has 7 heteroatoms. The highest BCUT2D eigenvalue weighted by Gasteiger charge is 2.39. The van der Waals surface area contributed by atoms with Crippen LogP contribution in [0.1, 0.15) is 38.5 Å². The standard InChI is InChI=1S/C14H28N4O2S/c1-15-13(16-9-10-17-21(2,19)20)18-11-8-14(12-18)6-4-3-5-7-14/h17H,3-12H2,1-2H3,(H,15,16). The molecule has 0 amide bonds. The number of sulfonamides is 1. The summed E-state index contributed by atoms with van der Waals surface area (Å²) in [6.07, 6.45) is 9.22. The molecule has 0 aromatic heterocycles. The van der Waals surface area contributed by atoms with Crippen molar-refractivity contribution >= 4 is 16.0 Å². The van der Waals surface area contributed by atoms with Crippen LogP contribution >= 0.6 is 0 Å². The normalized spacial score (nSPS) is 22.8. The monoisotopic (exact) mass is 316 g/mol. The van der Waals surface area contributed by atoms with Crippen LogP contribution in [0.25, 0.3) is 0 Å². The maximum atomic E-state index is 11.0. The number of rotatable bonds is 4. The third kappa shape index (κ3) is 4.85. The molecule has 21 heavy (non-hydrogen) atoms. The number of guanidine groups is 1. The minimum atomic E-state index is -3.11. The van der Waals surface area contributed by atoms with Gasteiger partial charge in [0.25, 0.3) is 0 Å². The molecule has 0 bridgehead atoms. The number of hydrogen-bond acceptors (Lipinski definition) is 3. The quantitative estimate of drug-likeness (QED) is 0.456. The predicted octanol–water partition coefficient (Wildman–Crippen LogP) is 0.767. The topological polar surface area (TPSA) is 73.8 Å². The Labute approximate surface area is 128 Å². The molecule has 1 saturated heterocycles. The van der Waals surface area contributed by atoms with Crippen LogP contribution in [0.15, 0.2) is 4.99 Å². The summed E-state index contributed by atoms with van der Waals surface area (Å²) in [5, 5.41) is 3.25. The zero-order chi connectivity index (χ0) is 15.3. The van der Waals surface area contributed by atoms with E-state index in [-0.39, 0.29) is 0 Å². The van der Waals surface area contributed by atoms with E-state index < -0.39 is 10.0 Å². The second-order valence-electron chi connectivity index (χ2n) is 6.37. The van der Waals surface area contributed by atoms with Gasteiger partial charge in [-0.3, -0.25) is 4.99 Å². The van der Waals surface area contributed by atoms with Crippen LogP contribution in [-0.4, -0.2) is 58.8 Å². The molecule has 2 aliphatic rings. The van der Waals surface area contributed by atoms with E-state index in [4.69, 9.17) is 0 Å². The van der Waals surface area contributed by atoms with Gasteiger partial charge in [-0.1, -0.05) is 19.3 Å². The second kappa shape index (κ2) is 6.96. The Morgan fingerprint density at radius 1 is 1.19 bits per heavy atom. The minimum Gasteiger partial charge on any atom is -0.355 e. The molecule has 0 unspecified atom stereocenters. The summed E-state index contributed by atoms with van der Waals surface area (Å²) in [4.78, 5) is 6.66. The van der Waals surface area contributed by atoms with Crippen molar-refractivity contribution in [1.29, 1.82) is 0 Å². The highest BCUT2D eigenvalue weighted by molar-refractivity contribution is 7.88. The Balaban J connectivity index is 1.80. The van der Waals surface area contributed by atoms with Crippen molar-refractivity contribution < 1.29 is 8.42 Å². The van der Waals surface area contributed by atoms with Gasteiger partial charge in [0, 0.05) is 33.2 Å². The molecular weight excluding hydrogens is 288 g/mol. The number of nitrogens with zero attached hydrogens (tertiary/aromatic N) is 2. The SMILES string of the molecule is CN=C(NCCNS(C)(=O)=O)N1CCC2(CCCCC2)C1. The first-order valence-electron chi connectivity index (χ1n) is 7.84.